The Morgan fingerprint density at radius 1 is 1.31 bits per heavy atom. The second-order valence-electron chi connectivity index (χ2n) is 4.11. The summed E-state index contributed by atoms with van der Waals surface area (Å²) in [5.74, 6) is 0. The van der Waals surface area contributed by atoms with Crippen LogP contribution in [0.4, 0.5) is 0 Å². The summed E-state index contributed by atoms with van der Waals surface area (Å²) in [5.41, 5.74) is 1.07. The molecule has 3 atom stereocenters. The first-order chi connectivity index (χ1) is 7.48. The van der Waals surface area contributed by atoms with Crippen molar-refractivity contribution in [3.8, 4) is 0 Å². The molecule has 2 rings (SSSR count). The Bertz CT molecular complexity index is 483. The van der Waals surface area contributed by atoms with Crippen LogP contribution in [-0.2, 0) is 10.0 Å². The summed E-state index contributed by atoms with van der Waals surface area (Å²) >= 11 is 2.23. The first-order valence-electron chi connectivity index (χ1n) is 5.14. The van der Waals surface area contributed by atoms with E-state index in [1.165, 1.54) is 0 Å². The van der Waals surface area contributed by atoms with Crippen LogP contribution in [0.15, 0.2) is 29.2 Å². The van der Waals surface area contributed by atoms with E-state index in [-0.39, 0.29) is 12.1 Å². The number of aryl methyl sites for hydroxylation is 1. The highest BCUT2D eigenvalue weighted by atomic mass is 127. The van der Waals surface area contributed by atoms with Gasteiger partial charge >= 0.3 is 0 Å². The zero-order valence-electron chi connectivity index (χ0n) is 9.22. The fraction of sp³-hybridized carbons (Fsp3) is 0.455. The number of alkyl halides is 1. The molecule has 0 aliphatic carbocycles. The Morgan fingerprint density at radius 3 is 2.31 bits per heavy atom. The lowest BCUT2D eigenvalue weighted by molar-refractivity contribution is 0.550. The van der Waals surface area contributed by atoms with Crippen molar-refractivity contribution in [2.45, 2.75) is 30.8 Å². The van der Waals surface area contributed by atoms with Crippen LogP contribution in [0.25, 0.3) is 0 Å². The van der Waals surface area contributed by atoms with Crippen molar-refractivity contribution in [2.24, 2.45) is 0 Å². The predicted octanol–water partition coefficient (Wildman–Crippen LogP) is 2.19. The average molecular weight is 351 g/mol. The first-order valence-corrected chi connectivity index (χ1v) is 8.11. The molecule has 88 valence electrons. The molecule has 1 aromatic rings. The highest BCUT2D eigenvalue weighted by Gasteiger charge is 2.51. The topological polar surface area (TPSA) is 37.1 Å². The van der Waals surface area contributed by atoms with Gasteiger partial charge in [-0.05, 0) is 26.0 Å². The monoisotopic (exact) mass is 351 g/mol. The van der Waals surface area contributed by atoms with Gasteiger partial charge in [-0.2, -0.15) is 4.31 Å². The van der Waals surface area contributed by atoms with Gasteiger partial charge in [0.05, 0.1) is 10.9 Å². The van der Waals surface area contributed by atoms with E-state index in [1.54, 1.807) is 16.4 Å². The molecule has 3 nitrogen and oxygen atoms in total. The summed E-state index contributed by atoms with van der Waals surface area (Å²) in [6, 6.07) is 7.34. The Balaban J connectivity index is 2.31. The molecule has 1 unspecified atom stereocenters. The Hall–Kier alpha value is -0.140. The zero-order chi connectivity index (χ0) is 11.9. The molecule has 0 radical (unpaired) electrons. The molecule has 1 saturated heterocycles. The van der Waals surface area contributed by atoms with Gasteiger partial charge in [0.1, 0.15) is 0 Å². The third kappa shape index (κ3) is 2.00. The Kier molecular flexibility index (Phi) is 3.29. The van der Waals surface area contributed by atoms with E-state index in [4.69, 9.17) is 0 Å². The van der Waals surface area contributed by atoms with Gasteiger partial charge in [-0.15, -0.1) is 0 Å². The van der Waals surface area contributed by atoms with Crippen molar-refractivity contribution in [3.63, 3.8) is 0 Å². The Morgan fingerprint density at radius 2 is 1.88 bits per heavy atom. The third-order valence-electron chi connectivity index (χ3n) is 2.95. The van der Waals surface area contributed by atoms with Gasteiger partial charge in [0.15, 0.2) is 0 Å². The SMILES string of the molecule is Cc1ccc(S(=O)(=O)N2[C@H](C)[C@@H]2CI)cc1. The molecule has 0 spiro atoms. The van der Waals surface area contributed by atoms with Crippen LogP contribution in [0.5, 0.6) is 0 Å². The minimum absolute atomic E-state index is 0.142. The van der Waals surface area contributed by atoms with Gasteiger partial charge in [-0.3, -0.25) is 0 Å². The summed E-state index contributed by atoms with van der Waals surface area (Å²) in [5, 5.41) is 0. The minimum Gasteiger partial charge on any atom is -0.207 e. The molecule has 1 aliphatic rings. The molecule has 1 fully saturated rings. The van der Waals surface area contributed by atoms with Gasteiger partial charge in [0.2, 0.25) is 10.0 Å². The normalized spacial score (nSPS) is 29.1. The van der Waals surface area contributed by atoms with Crippen molar-refractivity contribution in [3.05, 3.63) is 29.8 Å². The fourth-order valence-corrected chi connectivity index (χ4v) is 5.09. The first kappa shape index (κ1) is 12.3. The highest BCUT2D eigenvalue weighted by Crippen LogP contribution is 2.36. The number of hydrogen-bond acceptors (Lipinski definition) is 2. The van der Waals surface area contributed by atoms with Crippen molar-refractivity contribution in [1.82, 2.24) is 4.31 Å². The second-order valence-corrected chi connectivity index (χ2v) is 6.83. The lowest BCUT2D eigenvalue weighted by atomic mass is 10.2. The number of rotatable bonds is 3. The number of benzene rings is 1. The molecule has 0 amide bonds. The van der Waals surface area contributed by atoms with Gasteiger partial charge in [-0.1, -0.05) is 40.3 Å². The Labute approximate surface area is 110 Å². The summed E-state index contributed by atoms with van der Waals surface area (Å²) in [6.45, 7) is 3.90. The molecule has 0 saturated carbocycles. The number of sulfonamides is 1. The maximum atomic E-state index is 12.2. The maximum absolute atomic E-state index is 12.2. The smallest absolute Gasteiger partial charge is 0.207 e. The van der Waals surface area contributed by atoms with Crippen molar-refractivity contribution in [2.75, 3.05) is 4.43 Å². The molecule has 1 heterocycles. The summed E-state index contributed by atoms with van der Waals surface area (Å²) < 4.78 is 26.9. The van der Waals surface area contributed by atoms with Crippen LogP contribution in [0.1, 0.15) is 12.5 Å². The van der Waals surface area contributed by atoms with Crippen LogP contribution in [0, 0.1) is 6.92 Å². The van der Waals surface area contributed by atoms with Crippen LogP contribution < -0.4 is 0 Å². The molecule has 0 aromatic heterocycles. The second kappa shape index (κ2) is 4.27. The maximum Gasteiger partial charge on any atom is 0.243 e. The highest BCUT2D eigenvalue weighted by molar-refractivity contribution is 14.1. The van der Waals surface area contributed by atoms with E-state index in [2.05, 4.69) is 22.6 Å². The minimum atomic E-state index is -3.26. The van der Waals surface area contributed by atoms with E-state index in [9.17, 15) is 8.42 Å². The molecule has 1 aliphatic heterocycles. The van der Waals surface area contributed by atoms with E-state index in [0.717, 1.165) is 9.99 Å². The quantitative estimate of drug-likeness (QED) is 0.476. The fourth-order valence-electron chi connectivity index (χ4n) is 1.81. The summed E-state index contributed by atoms with van der Waals surface area (Å²) in [4.78, 5) is 0.400. The molecular formula is C11H14INO2S. The lowest BCUT2D eigenvalue weighted by Crippen LogP contribution is -2.15. The van der Waals surface area contributed by atoms with Crippen LogP contribution in [0.3, 0.4) is 0 Å². The molecular weight excluding hydrogens is 337 g/mol. The largest absolute Gasteiger partial charge is 0.243 e. The summed E-state index contributed by atoms with van der Waals surface area (Å²) in [6.07, 6.45) is 0. The zero-order valence-corrected chi connectivity index (χ0v) is 12.2. The molecule has 0 N–H and O–H groups in total. The van der Waals surface area contributed by atoms with Crippen LogP contribution in [0.2, 0.25) is 0 Å². The van der Waals surface area contributed by atoms with Crippen molar-refractivity contribution < 1.29 is 8.42 Å². The third-order valence-corrected chi connectivity index (χ3v) is 5.88. The lowest BCUT2D eigenvalue weighted by Gasteiger charge is -2.06. The van der Waals surface area contributed by atoms with Crippen molar-refractivity contribution >= 4 is 32.6 Å². The van der Waals surface area contributed by atoms with E-state index in [1.807, 2.05) is 26.0 Å². The molecule has 1 aromatic carbocycles. The van der Waals surface area contributed by atoms with Gasteiger partial charge in [0.25, 0.3) is 0 Å². The predicted molar refractivity (Wildman–Crippen MR) is 72.3 cm³/mol. The van der Waals surface area contributed by atoms with Crippen LogP contribution in [-0.4, -0.2) is 29.2 Å². The average Bonchev–Trinajstić information content (AvgIpc) is 2.90. The molecule has 0 bridgehead atoms. The van der Waals surface area contributed by atoms with Gasteiger partial charge < -0.3 is 0 Å². The molecule has 5 heteroatoms. The van der Waals surface area contributed by atoms with Crippen molar-refractivity contribution in [1.29, 1.82) is 0 Å². The molecule has 16 heavy (non-hydrogen) atoms. The standard InChI is InChI=1S/C11H14INO2S/c1-8-3-5-10(6-4-8)16(14,15)13-9(2)11(13)7-12/h3-6,9,11H,7H2,1-2H3/t9-,11+,13?/m1/s1. The van der Waals surface area contributed by atoms with E-state index < -0.39 is 10.0 Å². The van der Waals surface area contributed by atoms with E-state index in [0.29, 0.717) is 4.90 Å². The van der Waals surface area contributed by atoms with E-state index >= 15 is 0 Å². The van der Waals surface area contributed by atoms with Gasteiger partial charge in [-0.25, -0.2) is 8.42 Å². The number of hydrogen-bond donors (Lipinski definition) is 0. The number of halogens is 1. The van der Waals surface area contributed by atoms with Crippen LogP contribution >= 0.6 is 22.6 Å². The summed E-state index contributed by atoms with van der Waals surface area (Å²) in [7, 11) is -3.26. The van der Waals surface area contributed by atoms with Gasteiger partial charge in [0, 0.05) is 10.5 Å². The number of nitrogens with zero attached hydrogens (tertiary/aromatic N) is 1.